The third-order valence-corrected chi connectivity index (χ3v) is 5.64. The number of hydrogen-bond acceptors (Lipinski definition) is 6. The molecular weight excluding hydrogens is 432 g/mol. The molecule has 8 heteroatoms. The maximum Gasteiger partial charge on any atom is 0.267 e. The van der Waals surface area contributed by atoms with E-state index in [2.05, 4.69) is 17.4 Å². The van der Waals surface area contributed by atoms with Gasteiger partial charge in [-0.1, -0.05) is 36.4 Å². The van der Waals surface area contributed by atoms with E-state index in [1.807, 2.05) is 59.1 Å². The summed E-state index contributed by atoms with van der Waals surface area (Å²) in [6.07, 6.45) is 6.46. The number of anilines is 1. The summed E-state index contributed by atoms with van der Waals surface area (Å²) in [6.45, 7) is 0.823. The van der Waals surface area contributed by atoms with Crippen LogP contribution < -0.4 is 20.3 Å². The molecule has 1 amide bonds. The first-order chi connectivity index (χ1) is 16.7. The van der Waals surface area contributed by atoms with Crippen molar-refractivity contribution < 1.29 is 19.5 Å². The van der Waals surface area contributed by atoms with Gasteiger partial charge in [0, 0.05) is 18.8 Å². The molecule has 0 spiro atoms. The smallest absolute Gasteiger partial charge is 0.267 e. The number of aromatic nitrogens is 2. The van der Waals surface area contributed by atoms with Gasteiger partial charge in [0.15, 0.2) is 11.5 Å². The molecule has 0 saturated carbocycles. The van der Waals surface area contributed by atoms with Gasteiger partial charge in [-0.05, 0) is 59.9 Å². The third kappa shape index (κ3) is 4.72. The van der Waals surface area contributed by atoms with Crippen LogP contribution in [0.5, 0.6) is 11.5 Å². The second-order valence-electron chi connectivity index (χ2n) is 7.93. The highest BCUT2D eigenvalue weighted by Crippen LogP contribution is 2.33. The first-order valence-electron chi connectivity index (χ1n) is 11.0. The number of hydroxylamine groups is 1. The summed E-state index contributed by atoms with van der Waals surface area (Å²) >= 11 is 0. The molecule has 0 bridgehead atoms. The van der Waals surface area contributed by atoms with Crippen LogP contribution in [0.1, 0.15) is 22.4 Å². The van der Waals surface area contributed by atoms with E-state index in [0.29, 0.717) is 6.54 Å². The average molecular weight is 457 g/mol. The van der Waals surface area contributed by atoms with Crippen molar-refractivity contribution in [2.75, 3.05) is 12.1 Å². The van der Waals surface area contributed by atoms with Gasteiger partial charge < -0.3 is 14.8 Å². The molecule has 1 aliphatic rings. The topological polar surface area (TPSA) is 97.1 Å². The normalized spacial score (nSPS) is 12.4. The second kappa shape index (κ2) is 9.68. The molecule has 0 atom stereocenters. The van der Waals surface area contributed by atoms with Crippen LogP contribution in [0.4, 0.5) is 5.82 Å². The summed E-state index contributed by atoms with van der Waals surface area (Å²) in [5.41, 5.74) is 6.47. The van der Waals surface area contributed by atoms with E-state index in [1.54, 1.807) is 11.6 Å². The van der Waals surface area contributed by atoms with Crippen LogP contribution in [0.2, 0.25) is 0 Å². The number of pyridine rings is 1. The minimum absolute atomic E-state index is 0.244. The fourth-order valence-corrected chi connectivity index (χ4v) is 3.92. The first kappa shape index (κ1) is 21.5. The fraction of sp³-hybridized carbons (Fsp3) is 0.154. The zero-order chi connectivity index (χ0) is 23.3. The van der Waals surface area contributed by atoms with E-state index in [1.165, 1.54) is 11.6 Å². The monoisotopic (exact) mass is 456 g/mol. The summed E-state index contributed by atoms with van der Waals surface area (Å²) in [7, 11) is 0. The molecule has 3 heterocycles. The number of rotatable bonds is 8. The molecular formula is C26H24N4O4. The molecule has 5 rings (SSSR count). The van der Waals surface area contributed by atoms with E-state index in [0.717, 1.165) is 52.6 Å². The number of benzene rings is 2. The van der Waals surface area contributed by atoms with Crippen molar-refractivity contribution in [1.29, 1.82) is 0 Å². The molecule has 2 aromatic carbocycles. The maximum absolute atomic E-state index is 11.4. The van der Waals surface area contributed by atoms with Crippen LogP contribution in [0, 0.1) is 0 Å². The van der Waals surface area contributed by atoms with E-state index in [4.69, 9.17) is 19.7 Å². The summed E-state index contributed by atoms with van der Waals surface area (Å²) < 4.78 is 12.9. The van der Waals surface area contributed by atoms with E-state index >= 15 is 0 Å². The van der Waals surface area contributed by atoms with Crippen LogP contribution in [0.25, 0.3) is 11.7 Å². The quantitative estimate of drug-likeness (QED) is 0.211. The molecule has 0 aliphatic carbocycles. The lowest BCUT2D eigenvalue weighted by atomic mass is 10.1. The maximum atomic E-state index is 11.4. The molecule has 2 aromatic heterocycles. The number of carbonyl (C=O) groups is 1. The van der Waals surface area contributed by atoms with Gasteiger partial charge >= 0.3 is 0 Å². The highest BCUT2D eigenvalue weighted by atomic mass is 16.7. The summed E-state index contributed by atoms with van der Waals surface area (Å²) in [6, 6.07) is 20.0. The van der Waals surface area contributed by atoms with Gasteiger partial charge in [0.05, 0.1) is 5.69 Å². The summed E-state index contributed by atoms with van der Waals surface area (Å²) in [4.78, 5) is 16.2. The number of fused-ring (bicyclic) bond motifs is 2. The van der Waals surface area contributed by atoms with Crippen molar-refractivity contribution in [2.45, 2.75) is 19.4 Å². The number of nitrogens with zero attached hydrogens (tertiary/aromatic N) is 2. The minimum atomic E-state index is -0.588. The second-order valence-corrected chi connectivity index (χ2v) is 7.93. The molecule has 3 N–H and O–H groups in total. The predicted octanol–water partition coefficient (Wildman–Crippen LogP) is 3.98. The van der Waals surface area contributed by atoms with Gasteiger partial charge in [0.2, 0.25) is 6.79 Å². The van der Waals surface area contributed by atoms with Crippen molar-refractivity contribution in [2.24, 2.45) is 0 Å². The molecule has 172 valence electrons. The predicted molar refractivity (Wildman–Crippen MR) is 128 cm³/mol. The largest absolute Gasteiger partial charge is 0.454 e. The van der Waals surface area contributed by atoms with Gasteiger partial charge in [-0.2, -0.15) is 0 Å². The minimum Gasteiger partial charge on any atom is -0.454 e. The Balaban J connectivity index is 1.44. The number of carbonyl (C=O) groups excluding carboxylic acids is 1. The van der Waals surface area contributed by atoms with E-state index in [-0.39, 0.29) is 6.79 Å². The number of ether oxygens (including phenoxy) is 2. The number of imidazole rings is 1. The van der Waals surface area contributed by atoms with Crippen molar-refractivity contribution in [3.8, 4) is 11.5 Å². The lowest BCUT2D eigenvalue weighted by Gasteiger charge is -2.10. The highest BCUT2D eigenvalue weighted by molar-refractivity contribution is 5.90. The number of aryl methyl sites for hydroxylation is 2. The van der Waals surface area contributed by atoms with Gasteiger partial charge in [-0.3, -0.25) is 14.4 Å². The van der Waals surface area contributed by atoms with Crippen LogP contribution in [0.3, 0.4) is 0 Å². The van der Waals surface area contributed by atoms with E-state index in [9.17, 15) is 4.79 Å². The molecule has 4 aromatic rings. The Bertz CT molecular complexity index is 1350. The third-order valence-electron chi connectivity index (χ3n) is 5.64. The molecule has 8 nitrogen and oxygen atoms in total. The van der Waals surface area contributed by atoms with Crippen LogP contribution in [0.15, 0.2) is 72.9 Å². The molecule has 0 unspecified atom stereocenters. The molecule has 1 aliphatic heterocycles. The zero-order valence-corrected chi connectivity index (χ0v) is 18.4. The Hall–Kier alpha value is -4.30. The Kier molecular flexibility index (Phi) is 6.13. The highest BCUT2D eigenvalue weighted by Gasteiger charge is 2.15. The van der Waals surface area contributed by atoms with Crippen LogP contribution in [-0.2, 0) is 24.2 Å². The molecule has 0 fully saturated rings. The fourth-order valence-electron chi connectivity index (χ4n) is 3.92. The number of hydrogen-bond donors (Lipinski definition) is 3. The molecule has 0 saturated heterocycles. The van der Waals surface area contributed by atoms with Crippen molar-refractivity contribution in [3.05, 3.63) is 95.3 Å². The number of nitrogens with one attached hydrogen (secondary N) is 2. The molecule has 0 radical (unpaired) electrons. The Morgan fingerprint density at radius 1 is 1.03 bits per heavy atom. The van der Waals surface area contributed by atoms with Crippen molar-refractivity contribution in [3.63, 3.8) is 0 Å². The van der Waals surface area contributed by atoms with Crippen LogP contribution in [-0.4, -0.2) is 27.3 Å². The van der Waals surface area contributed by atoms with Crippen LogP contribution >= 0.6 is 0 Å². The average Bonchev–Trinajstić information content (AvgIpc) is 3.48. The lowest BCUT2D eigenvalue weighted by molar-refractivity contribution is -0.124. The first-order valence-corrected chi connectivity index (χ1v) is 11.0. The van der Waals surface area contributed by atoms with Gasteiger partial charge in [0.25, 0.3) is 5.91 Å². The van der Waals surface area contributed by atoms with Gasteiger partial charge in [0.1, 0.15) is 11.5 Å². The Labute approximate surface area is 196 Å². The lowest BCUT2D eigenvalue weighted by Crippen LogP contribution is -2.14. The van der Waals surface area contributed by atoms with Crippen molar-refractivity contribution >= 4 is 23.4 Å². The van der Waals surface area contributed by atoms with E-state index < -0.39 is 5.91 Å². The Morgan fingerprint density at radius 3 is 2.74 bits per heavy atom. The summed E-state index contributed by atoms with van der Waals surface area (Å²) in [5, 5.41) is 12.3. The van der Waals surface area contributed by atoms with Gasteiger partial charge in [-0.15, -0.1) is 0 Å². The molecule has 34 heavy (non-hydrogen) atoms. The standard InChI is InChI=1S/C26H24N4O4/c31-25(29-32)13-9-19-8-12-24-28-21(10-6-18-4-2-1-3-5-18)26(30(24)16-19)27-15-20-7-11-22-23(14-20)34-17-33-22/h1-5,7-9,11-14,16,27,32H,6,10,15,17H2,(H,29,31)/b13-9+. The SMILES string of the molecule is O=C(/C=C/c1ccc2nc(CCc3ccccc3)c(NCc3ccc4c(c3)OCO4)n2c1)NO. The Morgan fingerprint density at radius 2 is 1.88 bits per heavy atom. The zero-order valence-electron chi connectivity index (χ0n) is 18.4. The van der Waals surface area contributed by atoms with Crippen molar-refractivity contribution in [1.82, 2.24) is 14.9 Å². The number of amides is 1. The van der Waals surface area contributed by atoms with Gasteiger partial charge in [-0.25, -0.2) is 10.5 Å². The summed E-state index contributed by atoms with van der Waals surface area (Å²) in [5.74, 6) is 1.81.